The number of aryl methyl sites for hydroxylation is 1. The first-order valence-corrected chi connectivity index (χ1v) is 8.76. The summed E-state index contributed by atoms with van der Waals surface area (Å²) in [6, 6.07) is 1.77. The minimum absolute atomic E-state index is 0.255. The Hall–Kier alpha value is -0.850. The van der Waals surface area contributed by atoms with Gasteiger partial charge in [0.2, 0.25) is 10.0 Å². The molecule has 0 unspecified atom stereocenters. The van der Waals surface area contributed by atoms with Crippen molar-refractivity contribution in [3.63, 3.8) is 0 Å². The highest BCUT2D eigenvalue weighted by Gasteiger charge is 2.36. The van der Waals surface area contributed by atoms with E-state index in [9.17, 15) is 8.42 Å². The molecular formula is C14H25N3O2S. The van der Waals surface area contributed by atoms with Crippen LogP contribution in [-0.2, 0) is 23.1 Å². The predicted molar refractivity (Wildman–Crippen MR) is 80.1 cm³/mol. The Morgan fingerprint density at radius 3 is 2.60 bits per heavy atom. The predicted octanol–water partition coefficient (Wildman–Crippen LogP) is 1.84. The maximum Gasteiger partial charge on any atom is 0.242 e. The Kier molecular flexibility index (Phi) is 4.56. The fraction of sp³-hybridized carbons (Fsp3) is 0.714. The monoisotopic (exact) mass is 299 g/mol. The Bertz CT molecular complexity index is 535. The molecule has 1 aromatic rings. The third-order valence-electron chi connectivity index (χ3n) is 3.93. The Morgan fingerprint density at radius 1 is 1.40 bits per heavy atom. The lowest BCUT2D eigenvalue weighted by molar-refractivity contribution is 0.248. The van der Waals surface area contributed by atoms with Crippen molar-refractivity contribution < 1.29 is 8.42 Å². The molecule has 1 aliphatic carbocycles. The normalized spacial score (nSPS) is 17.9. The van der Waals surface area contributed by atoms with E-state index in [2.05, 4.69) is 17.0 Å². The molecule has 1 heterocycles. The van der Waals surface area contributed by atoms with Gasteiger partial charge in [0, 0.05) is 30.5 Å². The smallest absolute Gasteiger partial charge is 0.242 e. The lowest BCUT2D eigenvalue weighted by Gasteiger charge is -2.38. The van der Waals surface area contributed by atoms with Crippen molar-refractivity contribution in [1.29, 1.82) is 0 Å². The molecule has 0 atom stereocenters. The van der Waals surface area contributed by atoms with Crippen molar-refractivity contribution >= 4 is 10.0 Å². The minimum Gasteiger partial charge on any atom is -0.349 e. The number of aromatic nitrogens is 1. The second-order valence-corrected chi connectivity index (χ2v) is 7.59. The van der Waals surface area contributed by atoms with E-state index in [-0.39, 0.29) is 5.54 Å². The summed E-state index contributed by atoms with van der Waals surface area (Å²) in [6.45, 7) is 5.58. The lowest BCUT2D eigenvalue weighted by atomic mass is 9.80. The molecule has 0 saturated heterocycles. The van der Waals surface area contributed by atoms with E-state index in [1.54, 1.807) is 12.3 Å². The van der Waals surface area contributed by atoms with Gasteiger partial charge in [-0.2, -0.15) is 0 Å². The summed E-state index contributed by atoms with van der Waals surface area (Å²) in [5.41, 5.74) is 0.753. The maximum absolute atomic E-state index is 12.5. The van der Waals surface area contributed by atoms with Crippen molar-refractivity contribution in [1.82, 2.24) is 14.6 Å². The summed E-state index contributed by atoms with van der Waals surface area (Å²) in [6.07, 6.45) is 5.67. The zero-order valence-corrected chi connectivity index (χ0v) is 13.4. The summed E-state index contributed by atoms with van der Waals surface area (Å²) in [5.74, 6) is 0. The third kappa shape index (κ3) is 3.24. The Morgan fingerprint density at radius 2 is 2.10 bits per heavy atom. The van der Waals surface area contributed by atoms with Crippen LogP contribution in [0.2, 0.25) is 0 Å². The zero-order valence-electron chi connectivity index (χ0n) is 12.6. The highest BCUT2D eigenvalue weighted by atomic mass is 32.2. The molecule has 1 saturated carbocycles. The number of rotatable bonds is 7. The van der Waals surface area contributed by atoms with Crippen LogP contribution < -0.4 is 10.0 Å². The summed E-state index contributed by atoms with van der Waals surface area (Å²) in [4.78, 5) is 0.379. The number of nitrogens with one attached hydrogen (secondary N) is 2. The molecule has 20 heavy (non-hydrogen) atoms. The highest BCUT2D eigenvalue weighted by Crippen LogP contribution is 2.32. The van der Waals surface area contributed by atoms with Gasteiger partial charge in [0.1, 0.15) is 0 Å². The van der Waals surface area contributed by atoms with Gasteiger partial charge in [-0.25, -0.2) is 13.1 Å². The van der Waals surface area contributed by atoms with Crippen LogP contribution in [-0.4, -0.2) is 25.6 Å². The largest absolute Gasteiger partial charge is 0.349 e. The molecule has 0 radical (unpaired) electrons. The molecular weight excluding hydrogens is 274 g/mol. The zero-order chi connectivity index (χ0) is 14.8. The van der Waals surface area contributed by atoms with E-state index < -0.39 is 10.0 Å². The van der Waals surface area contributed by atoms with Crippen LogP contribution in [0.3, 0.4) is 0 Å². The average Bonchev–Trinajstić information content (AvgIpc) is 2.72. The quantitative estimate of drug-likeness (QED) is 0.807. The van der Waals surface area contributed by atoms with Gasteiger partial charge in [0.15, 0.2) is 0 Å². The van der Waals surface area contributed by atoms with Gasteiger partial charge in [-0.15, -0.1) is 0 Å². The van der Waals surface area contributed by atoms with Gasteiger partial charge < -0.3 is 9.88 Å². The van der Waals surface area contributed by atoms with E-state index in [4.69, 9.17) is 0 Å². The van der Waals surface area contributed by atoms with Crippen molar-refractivity contribution in [2.24, 2.45) is 0 Å². The number of hydrogen-bond donors (Lipinski definition) is 2. The van der Waals surface area contributed by atoms with Crippen molar-refractivity contribution in [2.75, 3.05) is 7.05 Å². The average molecular weight is 299 g/mol. The molecule has 0 amide bonds. The fourth-order valence-electron chi connectivity index (χ4n) is 2.64. The van der Waals surface area contributed by atoms with E-state index >= 15 is 0 Å². The van der Waals surface area contributed by atoms with E-state index in [0.717, 1.165) is 37.9 Å². The molecule has 1 aromatic heterocycles. The van der Waals surface area contributed by atoms with Gasteiger partial charge in [-0.05, 0) is 45.7 Å². The van der Waals surface area contributed by atoms with Crippen LogP contribution >= 0.6 is 0 Å². The summed E-state index contributed by atoms with van der Waals surface area (Å²) < 4.78 is 29.8. The fourth-order valence-corrected chi connectivity index (χ4v) is 4.17. The van der Waals surface area contributed by atoms with Crippen LogP contribution in [0.25, 0.3) is 0 Å². The third-order valence-corrected chi connectivity index (χ3v) is 5.54. The van der Waals surface area contributed by atoms with Crippen molar-refractivity contribution in [3.05, 3.63) is 18.0 Å². The lowest BCUT2D eigenvalue weighted by Crippen LogP contribution is -2.50. The SMILES string of the molecule is CCCn1cc(S(=O)(=O)NC2(C)CCC2)cc1CNC. The van der Waals surface area contributed by atoms with Crippen LogP contribution in [0, 0.1) is 0 Å². The molecule has 5 nitrogen and oxygen atoms in total. The van der Waals surface area contributed by atoms with Crippen LogP contribution in [0.15, 0.2) is 17.2 Å². The molecule has 2 N–H and O–H groups in total. The first kappa shape index (κ1) is 15.5. The molecule has 0 spiro atoms. The van der Waals surface area contributed by atoms with Gasteiger partial charge >= 0.3 is 0 Å². The molecule has 0 aromatic carbocycles. The van der Waals surface area contributed by atoms with Gasteiger partial charge in [-0.1, -0.05) is 6.92 Å². The second-order valence-electron chi connectivity index (χ2n) is 5.91. The summed E-state index contributed by atoms with van der Waals surface area (Å²) in [7, 11) is -1.55. The van der Waals surface area contributed by atoms with E-state index in [1.807, 2.05) is 18.5 Å². The summed E-state index contributed by atoms with van der Waals surface area (Å²) >= 11 is 0. The number of sulfonamides is 1. The molecule has 1 fully saturated rings. The van der Waals surface area contributed by atoms with Crippen LogP contribution in [0.1, 0.15) is 45.2 Å². The summed E-state index contributed by atoms with van der Waals surface area (Å²) in [5, 5.41) is 3.08. The molecule has 1 aliphatic rings. The van der Waals surface area contributed by atoms with E-state index in [0.29, 0.717) is 11.4 Å². The van der Waals surface area contributed by atoms with Crippen LogP contribution in [0.5, 0.6) is 0 Å². The Balaban J connectivity index is 2.24. The minimum atomic E-state index is -3.42. The molecule has 0 bridgehead atoms. The standard InChI is InChI=1S/C14H25N3O2S/c1-4-8-17-11-13(9-12(17)10-15-3)20(18,19)16-14(2)6-5-7-14/h9,11,15-16H,4-8,10H2,1-3H3. The van der Waals surface area contributed by atoms with E-state index in [1.165, 1.54) is 0 Å². The molecule has 6 heteroatoms. The molecule has 0 aliphatic heterocycles. The first-order chi connectivity index (χ1) is 9.40. The van der Waals surface area contributed by atoms with Gasteiger partial charge in [0.25, 0.3) is 0 Å². The molecule has 2 rings (SSSR count). The molecule has 114 valence electrons. The maximum atomic E-state index is 12.5. The number of nitrogens with zero attached hydrogens (tertiary/aromatic N) is 1. The second kappa shape index (κ2) is 5.87. The topological polar surface area (TPSA) is 63.1 Å². The van der Waals surface area contributed by atoms with Crippen molar-refractivity contribution in [2.45, 2.75) is 63.1 Å². The highest BCUT2D eigenvalue weighted by molar-refractivity contribution is 7.89. The van der Waals surface area contributed by atoms with Gasteiger partial charge in [-0.3, -0.25) is 0 Å². The first-order valence-electron chi connectivity index (χ1n) is 7.28. The van der Waals surface area contributed by atoms with Crippen LogP contribution in [0.4, 0.5) is 0 Å². The number of hydrogen-bond acceptors (Lipinski definition) is 3. The van der Waals surface area contributed by atoms with Crippen molar-refractivity contribution in [3.8, 4) is 0 Å². The Labute approximate surface area is 121 Å². The van der Waals surface area contributed by atoms with Gasteiger partial charge in [0.05, 0.1) is 4.90 Å².